The van der Waals surface area contributed by atoms with Gasteiger partial charge in [-0.2, -0.15) is 0 Å². The van der Waals surface area contributed by atoms with Gasteiger partial charge in [0.15, 0.2) is 0 Å². The molecule has 2 aromatic rings. The molecule has 1 aromatic heterocycles. The lowest BCUT2D eigenvalue weighted by molar-refractivity contribution is 0.414. The normalized spacial score (nSPS) is 20.4. The smallest absolute Gasteiger partial charge is 0.250 e. The van der Waals surface area contributed by atoms with E-state index in [1.807, 2.05) is 24.3 Å². The fourth-order valence-electron chi connectivity index (χ4n) is 2.60. The molecule has 1 fully saturated rings. The number of pyridine rings is 1. The first kappa shape index (κ1) is 11.3. The Labute approximate surface area is 106 Å². The molecule has 18 heavy (non-hydrogen) atoms. The van der Waals surface area contributed by atoms with Crippen molar-refractivity contribution < 1.29 is 0 Å². The van der Waals surface area contributed by atoms with E-state index in [1.165, 1.54) is 0 Å². The predicted molar refractivity (Wildman–Crippen MR) is 74.1 cm³/mol. The highest BCUT2D eigenvalue weighted by atomic mass is 16.1. The highest BCUT2D eigenvalue weighted by Crippen LogP contribution is 2.22. The highest BCUT2D eigenvalue weighted by molar-refractivity contribution is 5.90. The number of fused-ring (bicyclic) bond motifs is 1. The van der Waals surface area contributed by atoms with Gasteiger partial charge >= 0.3 is 0 Å². The van der Waals surface area contributed by atoms with Crippen LogP contribution in [-0.2, 0) is 0 Å². The van der Waals surface area contributed by atoms with Crippen molar-refractivity contribution in [1.82, 2.24) is 9.88 Å². The number of hydrogen-bond acceptors (Lipinski definition) is 3. The molecule has 0 amide bonds. The zero-order valence-corrected chi connectivity index (χ0v) is 10.4. The molecule has 1 saturated heterocycles. The van der Waals surface area contributed by atoms with E-state index in [-0.39, 0.29) is 5.56 Å². The Morgan fingerprint density at radius 2 is 2.22 bits per heavy atom. The Morgan fingerprint density at radius 3 is 3.00 bits per heavy atom. The SMILES string of the molecule is CN1CC[C@H](Nc2cc(=O)[nH]c3ccccc23)C1. The van der Waals surface area contributed by atoms with Crippen LogP contribution in [0.5, 0.6) is 0 Å². The van der Waals surface area contributed by atoms with E-state index in [9.17, 15) is 4.79 Å². The molecule has 0 aliphatic carbocycles. The largest absolute Gasteiger partial charge is 0.380 e. The average molecular weight is 243 g/mol. The van der Waals surface area contributed by atoms with Crippen LogP contribution in [0.1, 0.15) is 6.42 Å². The number of likely N-dealkylation sites (N-methyl/N-ethyl adjacent to an activating group) is 1. The van der Waals surface area contributed by atoms with Crippen molar-refractivity contribution >= 4 is 16.6 Å². The van der Waals surface area contributed by atoms with Crippen LogP contribution in [0.25, 0.3) is 10.9 Å². The van der Waals surface area contributed by atoms with Crippen molar-refractivity contribution in [3.63, 3.8) is 0 Å². The summed E-state index contributed by atoms with van der Waals surface area (Å²) in [4.78, 5) is 16.8. The standard InChI is InChI=1S/C14H17N3O/c1-17-7-6-10(9-17)15-13-8-14(18)16-12-5-3-2-4-11(12)13/h2-5,8,10H,6-7,9H2,1H3,(H2,15,16,18)/t10-/m0/s1. The summed E-state index contributed by atoms with van der Waals surface area (Å²) >= 11 is 0. The number of H-pyrrole nitrogens is 1. The Hall–Kier alpha value is -1.81. The van der Waals surface area contributed by atoms with Gasteiger partial charge in [0.05, 0.1) is 5.52 Å². The number of aromatic amines is 1. The lowest BCUT2D eigenvalue weighted by atomic mass is 10.1. The molecule has 0 bridgehead atoms. The average Bonchev–Trinajstić information content (AvgIpc) is 2.74. The van der Waals surface area contributed by atoms with Crippen molar-refractivity contribution in [2.24, 2.45) is 0 Å². The minimum absolute atomic E-state index is 0.0532. The summed E-state index contributed by atoms with van der Waals surface area (Å²) in [6.45, 7) is 2.14. The van der Waals surface area contributed by atoms with Gasteiger partial charge in [-0.25, -0.2) is 0 Å². The third-order valence-electron chi connectivity index (χ3n) is 3.50. The number of rotatable bonds is 2. The summed E-state index contributed by atoms with van der Waals surface area (Å²) < 4.78 is 0. The van der Waals surface area contributed by atoms with Gasteiger partial charge in [0, 0.05) is 29.7 Å². The molecule has 3 rings (SSSR count). The third kappa shape index (κ3) is 2.11. The van der Waals surface area contributed by atoms with Gasteiger partial charge in [-0.05, 0) is 26.1 Å². The maximum atomic E-state index is 11.6. The van der Waals surface area contributed by atoms with Crippen molar-refractivity contribution in [3.8, 4) is 0 Å². The van der Waals surface area contributed by atoms with Crippen molar-refractivity contribution in [2.45, 2.75) is 12.5 Å². The van der Waals surface area contributed by atoms with Gasteiger partial charge in [-0.15, -0.1) is 0 Å². The summed E-state index contributed by atoms with van der Waals surface area (Å²) in [5.41, 5.74) is 1.77. The fraction of sp³-hybridized carbons (Fsp3) is 0.357. The number of nitrogens with one attached hydrogen (secondary N) is 2. The molecular formula is C14H17N3O. The molecule has 1 aromatic carbocycles. The second-order valence-corrected chi connectivity index (χ2v) is 4.99. The highest BCUT2D eigenvalue weighted by Gasteiger charge is 2.19. The van der Waals surface area contributed by atoms with E-state index < -0.39 is 0 Å². The number of para-hydroxylation sites is 1. The van der Waals surface area contributed by atoms with Gasteiger partial charge in [0.1, 0.15) is 0 Å². The van der Waals surface area contributed by atoms with Crippen LogP contribution in [0.2, 0.25) is 0 Å². The topological polar surface area (TPSA) is 48.1 Å². The first-order valence-electron chi connectivity index (χ1n) is 6.29. The molecule has 0 saturated carbocycles. The molecular weight excluding hydrogens is 226 g/mol. The van der Waals surface area contributed by atoms with E-state index >= 15 is 0 Å². The maximum Gasteiger partial charge on any atom is 0.250 e. The quantitative estimate of drug-likeness (QED) is 0.843. The van der Waals surface area contributed by atoms with Gasteiger partial charge in [-0.1, -0.05) is 18.2 Å². The second-order valence-electron chi connectivity index (χ2n) is 4.99. The predicted octanol–water partition coefficient (Wildman–Crippen LogP) is 1.64. The first-order chi connectivity index (χ1) is 8.72. The lowest BCUT2D eigenvalue weighted by Gasteiger charge is -2.15. The summed E-state index contributed by atoms with van der Waals surface area (Å²) in [5, 5.41) is 4.57. The number of hydrogen-bond donors (Lipinski definition) is 2. The first-order valence-corrected chi connectivity index (χ1v) is 6.29. The maximum absolute atomic E-state index is 11.6. The van der Waals surface area contributed by atoms with Crippen LogP contribution in [0.15, 0.2) is 35.1 Å². The molecule has 4 nitrogen and oxygen atoms in total. The number of nitrogens with zero attached hydrogens (tertiary/aromatic N) is 1. The monoisotopic (exact) mass is 243 g/mol. The molecule has 1 aliphatic rings. The van der Waals surface area contributed by atoms with Crippen LogP contribution in [0.4, 0.5) is 5.69 Å². The fourth-order valence-corrected chi connectivity index (χ4v) is 2.60. The van der Waals surface area contributed by atoms with Gasteiger partial charge in [0.25, 0.3) is 0 Å². The summed E-state index contributed by atoms with van der Waals surface area (Å²) in [7, 11) is 2.12. The Bertz CT molecular complexity index is 620. The number of likely N-dealkylation sites (tertiary alicyclic amines) is 1. The number of benzene rings is 1. The lowest BCUT2D eigenvalue weighted by Crippen LogP contribution is -2.24. The van der Waals surface area contributed by atoms with E-state index in [1.54, 1.807) is 6.07 Å². The zero-order chi connectivity index (χ0) is 12.5. The zero-order valence-electron chi connectivity index (χ0n) is 10.4. The number of anilines is 1. The molecule has 4 heteroatoms. The molecule has 0 unspecified atom stereocenters. The minimum atomic E-state index is -0.0532. The summed E-state index contributed by atoms with van der Waals surface area (Å²) in [6.07, 6.45) is 1.12. The van der Waals surface area contributed by atoms with E-state index in [0.717, 1.165) is 36.1 Å². The van der Waals surface area contributed by atoms with Crippen LogP contribution < -0.4 is 10.9 Å². The summed E-state index contributed by atoms with van der Waals surface area (Å²) in [6, 6.07) is 9.98. The molecule has 0 spiro atoms. The van der Waals surface area contributed by atoms with E-state index in [4.69, 9.17) is 0 Å². The van der Waals surface area contributed by atoms with Crippen LogP contribution in [0.3, 0.4) is 0 Å². The molecule has 1 atom stereocenters. The minimum Gasteiger partial charge on any atom is -0.380 e. The Balaban J connectivity index is 1.98. The van der Waals surface area contributed by atoms with Gasteiger partial charge < -0.3 is 15.2 Å². The van der Waals surface area contributed by atoms with Crippen LogP contribution in [0, 0.1) is 0 Å². The summed E-state index contributed by atoms with van der Waals surface area (Å²) in [5.74, 6) is 0. The molecule has 94 valence electrons. The van der Waals surface area contributed by atoms with Gasteiger partial charge in [-0.3, -0.25) is 4.79 Å². The Kier molecular flexibility index (Phi) is 2.80. The van der Waals surface area contributed by atoms with E-state index in [0.29, 0.717) is 6.04 Å². The molecule has 2 heterocycles. The second kappa shape index (κ2) is 4.46. The number of aromatic nitrogens is 1. The molecule has 1 aliphatic heterocycles. The van der Waals surface area contributed by atoms with Crippen LogP contribution in [-0.4, -0.2) is 36.1 Å². The van der Waals surface area contributed by atoms with Crippen molar-refractivity contribution in [3.05, 3.63) is 40.7 Å². The third-order valence-corrected chi connectivity index (χ3v) is 3.50. The van der Waals surface area contributed by atoms with Crippen molar-refractivity contribution in [1.29, 1.82) is 0 Å². The van der Waals surface area contributed by atoms with Gasteiger partial charge in [0.2, 0.25) is 5.56 Å². The Morgan fingerprint density at radius 1 is 1.39 bits per heavy atom. The van der Waals surface area contributed by atoms with Crippen LogP contribution >= 0.6 is 0 Å². The van der Waals surface area contributed by atoms with E-state index in [2.05, 4.69) is 22.2 Å². The van der Waals surface area contributed by atoms with Crippen molar-refractivity contribution in [2.75, 3.05) is 25.5 Å². The molecule has 2 N–H and O–H groups in total. The molecule has 0 radical (unpaired) electrons.